The fourth-order valence-corrected chi connectivity index (χ4v) is 4.20. The standard InChI is InChI=1S/C20H17Cl2N5O4S/c1-12(28)23-7-6-19-24-25-20(26(19)17-9-14(21)8-15(22)10-17)32-11-18(29)13-2-4-16(5-3-13)27(30)31/h2-5,8-10H,6-7,11H2,1H3,(H,23,28). The molecule has 32 heavy (non-hydrogen) atoms. The lowest BCUT2D eigenvalue weighted by atomic mass is 10.1. The maximum Gasteiger partial charge on any atom is 0.269 e. The van der Waals surface area contributed by atoms with Crippen LogP contribution in [-0.4, -0.2) is 43.7 Å². The van der Waals surface area contributed by atoms with Crippen LogP contribution < -0.4 is 5.32 Å². The molecule has 0 aliphatic rings. The smallest absolute Gasteiger partial charge is 0.269 e. The Labute approximate surface area is 197 Å². The molecule has 1 aromatic heterocycles. The van der Waals surface area contributed by atoms with Gasteiger partial charge >= 0.3 is 0 Å². The molecule has 0 saturated carbocycles. The van der Waals surface area contributed by atoms with Crippen LogP contribution in [0, 0.1) is 10.1 Å². The van der Waals surface area contributed by atoms with Crippen molar-refractivity contribution in [2.24, 2.45) is 0 Å². The molecule has 3 aromatic rings. The van der Waals surface area contributed by atoms with Crippen LogP contribution in [0.1, 0.15) is 23.1 Å². The summed E-state index contributed by atoms with van der Waals surface area (Å²) < 4.78 is 1.73. The second kappa shape index (κ2) is 10.6. The molecule has 0 atom stereocenters. The normalized spacial score (nSPS) is 10.7. The zero-order valence-electron chi connectivity index (χ0n) is 16.7. The van der Waals surface area contributed by atoms with Crippen molar-refractivity contribution >= 4 is 52.3 Å². The first-order valence-electron chi connectivity index (χ1n) is 9.30. The number of nitro groups is 1. The van der Waals surface area contributed by atoms with Gasteiger partial charge in [0.1, 0.15) is 5.82 Å². The van der Waals surface area contributed by atoms with Gasteiger partial charge in [0.25, 0.3) is 5.69 Å². The highest BCUT2D eigenvalue weighted by Gasteiger charge is 2.18. The van der Waals surface area contributed by atoms with Crippen LogP contribution in [0.2, 0.25) is 10.0 Å². The molecule has 0 saturated heterocycles. The molecule has 0 fully saturated rings. The highest BCUT2D eigenvalue weighted by molar-refractivity contribution is 7.99. The van der Waals surface area contributed by atoms with E-state index >= 15 is 0 Å². The predicted octanol–water partition coefficient (Wildman–Crippen LogP) is 4.14. The summed E-state index contributed by atoms with van der Waals surface area (Å²) in [4.78, 5) is 34.0. The molecule has 3 rings (SSSR count). The number of nitrogens with one attached hydrogen (secondary N) is 1. The molecule has 9 nitrogen and oxygen atoms in total. The quantitative estimate of drug-likeness (QED) is 0.206. The molecule has 0 aliphatic carbocycles. The Hall–Kier alpha value is -2.95. The molecular formula is C20H17Cl2N5O4S. The van der Waals surface area contributed by atoms with Crippen molar-refractivity contribution in [3.05, 3.63) is 74.0 Å². The number of halogens is 2. The average Bonchev–Trinajstić information content (AvgIpc) is 3.14. The van der Waals surface area contributed by atoms with Gasteiger partial charge in [0, 0.05) is 47.6 Å². The van der Waals surface area contributed by atoms with Gasteiger partial charge in [-0.3, -0.25) is 24.3 Å². The zero-order valence-corrected chi connectivity index (χ0v) is 19.1. The molecule has 2 aromatic carbocycles. The van der Waals surface area contributed by atoms with E-state index in [2.05, 4.69) is 15.5 Å². The van der Waals surface area contributed by atoms with E-state index in [9.17, 15) is 19.7 Å². The largest absolute Gasteiger partial charge is 0.356 e. The summed E-state index contributed by atoms with van der Waals surface area (Å²) in [6.45, 7) is 1.78. The Bertz CT molecular complexity index is 1150. The Morgan fingerprint density at radius 1 is 1.12 bits per heavy atom. The van der Waals surface area contributed by atoms with Crippen molar-refractivity contribution in [3.8, 4) is 5.69 Å². The minimum Gasteiger partial charge on any atom is -0.356 e. The van der Waals surface area contributed by atoms with Crippen molar-refractivity contribution in [2.75, 3.05) is 12.3 Å². The van der Waals surface area contributed by atoms with Crippen LogP contribution in [0.15, 0.2) is 47.6 Å². The number of Topliss-reactive ketones (excluding diaryl/α,β-unsaturated/α-hetero) is 1. The lowest BCUT2D eigenvalue weighted by Gasteiger charge is -2.11. The minimum atomic E-state index is -0.524. The SMILES string of the molecule is CC(=O)NCCc1nnc(SCC(=O)c2ccc([N+](=O)[O-])cc2)n1-c1cc(Cl)cc(Cl)c1. The lowest BCUT2D eigenvalue weighted by molar-refractivity contribution is -0.384. The highest BCUT2D eigenvalue weighted by atomic mass is 35.5. The molecule has 166 valence electrons. The van der Waals surface area contributed by atoms with Crippen LogP contribution in [0.25, 0.3) is 5.69 Å². The number of benzene rings is 2. The molecule has 0 aliphatic heterocycles. The summed E-state index contributed by atoms with van der Waals surface area (Å²) in [5, 5.41) is 23.2. The van der Waals surface area contributed by atoms with Gasteiger partial charge in [-0.2, -0.15) is 0 Å². The Morgan fingerprint density at radius 3 is 2.38 bits per heavy atom. The van der Waals surface area contributed by atoms with Gasteiger partial charge in [0.2, 0.25) is 5.91 Å². The maximum absolute atomic E-state index is 12.6. The Morgan fingerprint density at radius 2 is 1.78 bits per heavy atom. The molecule has 0 unspecified atom stereocenters. The molecule has 12 heteroatoms. The highest BCUT2D eigenvalue weighted by Crippen LogP contribution is 2.28. The number of non-ortho nitro benzene ring substituents is 1. The molecule has 0 radical (unpaired) electrons. The van der Waals surface area contributed by atoms with Gasteiger partial charge in [0.05, 0.1) is 16.4 Å². The van der Waals surface area contributed by atoms with Crippen LogP contribution in [-0.2, 0) is 11.2 Å². The summed E-state index contributed by atoms with van der Waals surface area (Å²) in [5.41, 5.74) is 0.886. The topological polar surface area (TPSA) is 120 Å². The van der Waals surface area contributed by atoms with E-state index in [0.717, 1.165) is 11.8 Å². The minimum absolute atomic E-state index is 0.0376. The Balaban J connectivity index is 1.83. The number of carbonyl (C=O) groups excluding carboxylic acids is 2. The molecule has 0 spiro atoms. The van der Waals surface area contributed by atoms with Crippen LogP contribution in [0.5, 0.6) is 0 Å². The van der Waals surface area contributed by atoms with Gasteiger partial charge in [-0.1, -0.05) is 35.0 Å². The number of aromatic nitrogens is 3. The molecule has 1 N–H and O–H groups in total. The van der Waals surface area contributed by atoms with E-state index in [1.807, 2.05) is 0 Å². The molecule has 0 bridgehead atoms. The number of nitro benzene ring substituents is 1. The summed E-state index contributed by atoms with van der Waals surface area (Å²) >= 11 is 13.5. The number of rotatable bonds is 9. The van der Waals surface area contributed by atoms with Crippen molar-refractivity contribution in [2.45, 2.75) is 18.5 Å². The molecular weight excluding hydrogens is 477 g/mol. The number of hydrogen-bond acceptors (Lipinski definition) is 7. The van der Waals surface area contributed by atoms with Crippen LogP contribution >= 0.6 is 35.0 Å². The third-order valence-corrected chi connectivity index (χ3v) is 5.63. The van der Waals surface area contributed by atoms with E-state index in [-0.39, 0.29) is 23.1 Å². The first kappa shape index (κ1) is 23.7. The van der Waals surface area contributed by atoms with Crippen molar-refractivity contribution in [3.63, 3.8) is 0 Å². The van der Waals surface area contributed by atoms with E-state index < -0.39 is 4.92 Å². The van der Waals surface area contributed by atoms with Gasteiger partial charge < -0.3 is 5.32 Å². The average molecular weight is 494 g/mol. The number of carbonyl (C=O) groups is 2. The number of ketones is 1. The van der Waals surface area contributed by atoms with Crippen molar-refractivity contribution < 1.29 is 14.5 Å². The third-order valence-electron chi connectivity index (χ3n) is 4.26. The lowest BCUT2D eigenvalue weighted by Crippen LogP contribution is -2.23. The summed E-state index contributed by atoms with van der Waals surface area (Å²) in [5.74, 6) is 0.214. The van der Waals surface area contributed by atoms with Crippen LogP contribution in [0.4, 0.5) is 5.69 Å². The fraction of sp³-hybridized carbons (Fsp3) is 0.200. The number of thioether (sulfide) groups is 1. The number of hydrogen-bond donors (Lipinski definition) is 1. The van der Waals surface area contributed by atoms with Crippen molar-refractivity contribution in [1.82, 2.24) is 20.1 Å². The van der Waals surface area contributed by atoms with Gasteiger partial charge in [-0.15, -0.1) is 10.2 Å². The first-order chi connectivity index (χ1) is 15.2. The maximum atomic E-state index is 12.6. The second-order valence-electron chi connectivity index (χ2n) is 6.61. The van der Waals surface area contributed by atoms with E-state index in [1.165, 1.54) is 31.2 Å². The van der Waals surface area contributed by atoms with E-state index in [1.54, 1.807) is 22.8 Å². The third kappa shape index (κ3) is 6.06. The predicted molar refractivity (Wildman–Crippen MR) is 122 cm³/mol. The van der Waals surface area contributed by atoms with Gasteiger partial charge in [-0.05, 0) is 30.3 Å². The summed E-state index contributed by atoms with van der Waals surface area (Å²) in [7, 11) is 0. The zero-order chi connectivity index (χ0) is 23.3. The van der Waals surface area contributed by atoms with Gasteiger partial charge in [0.15, 0.2) is 10.9 Å². The van der Waals surface area contributed by atoms with Crippen molar-refractivity contribution in [1.29, 1.82) is 0 Å². The Kier molecular flexibility index (Phi) is 7.84. The first-order valence-corrected chi connectivity index (χ1v) is 11.0. The number of amides is 1. The van der Waals surface area contributed by atoms with Crippen LogP contribution in [0.3, 0.4) is 0 Å². The second-order valence-corrected chi connectivity index (χ2v) is 8.43. The summed E-state index contributed by atoms with van der Waals surface area (Å²) in [6, 6.07) is 10.4. The van der Waals surface area contributed by atoms with E-state index in [0.29, 0.717) is 45.2 Å². The fourth-order valence-electron chi connectivity index (χ4n) is 2.82. The van der Waals surface area contributed by atoms with E-state index in [4.69, 9.17) is 23.2 Å². The van der Waals surface area contributed by atoms with Gasteiger partial charge in [-0.25, -0.2) is 0 Å². The molecule has 1 amide bonds. The monoisotopic (exact) mass is 493 g/mol. The molecule has 1 heterocycles. The summed E-state index contributed by atoms with van der Waals surface area (Å²) in [6.07, 6.45) is 0.396. The number of nitrogens with zero attached hydrogens (tertiary/aromatic N) is 4.